The van der Waals surface area contributed by atoms with E-state index in [9.17, 15) is 0 Å². The van der Waals surface area contributed by atoms with Gasteiger partial charge in [-0.25, -0.2) is 0 Å². The van der Waals surface area contributed by atoms with Crippen LogP contribution in [0, 0.1) is 11.8 Å². The van der Waals surface area contributed by atoms with Gasteiger partial charge in [0.25, 0.3) is 0 Å². The smallest absolute Gasteiger partial charge is 0.0154 e. The molecule has 0 aromatic rings. The van der Waals surface area contributed by atoms with Crippen molar-refractivity contribution in [1.82, 2.24) is 0 Å². The molecule has 1 nitrogen and oxygen atoms in total. The van der Waals surface area contributed by atoms with Crippen molar-refractivity contribution < 1.29 is 0 Å². The zero-order valence-electron chi connectivity index (χ0n) is 8.77. The van der Waals surface area contributed by atoms with Crippen LogP contribution in [0.5, 0.6) is 0 Å². The monoisotopic (exact) mass is 169 g/mol. The Morgan fingerprint density at radius 2 is 1.83 bits per heavy atom. The molecule has 0 amide bonds. The van der Waals surface area contributed by atoms with Gasteiger partial charge in [0.05, 0.1) is 0 Å². The summed E-state index contributed by atoms with van der Waals surface area (Å²) in [5.41, 5.74) is 6.36. The SMILES string of the molecule is CC1CCCCCC(C)(N)C1C. The molecule has 0 aromatic heterocycles. The maximum atomic E-state index is 6.28. The first-order valence-electron chi connectivity index (χ1n) is 5.33. The summed E-state index contributed by atoms with van der Waals surface area (Å²) in [6.45, 7) is 6.89. The molecular formula is C11H23N. The number of nitrogens with two attached hydrogens (primary N) is 1. The summed E-state index contributed by atoms with van der Waals surface area (Å²) >= 11 is 0. The number of hydrogen-bond acceptors (Lipinski definition) is 1. The molecule has 0 radical (unpaired) electrons. The minimum absolute atomic E-state index is 0.0832. The Morgan fingerprint density at radius 1 is 1.17 bits per heavy atom. The van der Waals surface area contributed by atoms with Crippen LogP contribution >= 0.6 is 0 Å². The average Bonchev–Trinajstić information content (AvgIpc) is 2.00. The molecule has 0 spiro atoms. The van der Waals surface area contributed by atoms with Crippen molar-refractivity contribution in [2.24, 2.45) is 17.6 Å². The van der Waals surface area contributed by atoms with E-state index in [0.29, 0.717) is 5.92 Å². The first-order chi connectivity index (χ1) is 5.54. The first kappa shape index (κ1) is 10.0. The summed E-state index contributed by atoms with van der Waals surface area (Å²) in [5.74, 6) is 1.48. The standard InChI is InChI=1S/C11H23N/c1-9-7-5-4-6-8-11(3,12)10(9)2/h9-10H,4-8,12H2,1-3H3. The van der Waals surface area contributed by atoms with Gasteiger partial charge in [0.2, 0.25) is 0 Å². The van der Waals surface area contributed by atoms with Gasteiger partial charge in [0, 0.05) is 5.54 Å². The van der Waals surface area contributed by atoms with Gasteiger partial charge in [-0.1, -0.05) is 39.5 Å². The molecule has 1 saturated carbocycles. The summed E-state index contributed by atoms with van der Waals surface area (Å²) < 4.78 is 0. The Hall–Kier alpha value is -0.0400. The van der Waals surface area contributed by atoms with Gasteiger partial charge in [-0.3, -0.25) is 0 Å². The van der Waals surface area contributed by atoms with Crippen molar-refractivity contribution in [3.63, 3.8) is 0 Å². The Morgan fingerprint density at radius 3 is 2.50 bits per heavy atom. The molecule has 1 fully saturated rings. The summed E-state index contributed by atoms with van der Waals surface area (Å²) in [6, 6.07) is 0. The molecule has 1 rings (SSSR count). The van der Waals surface area contributed by atoms with Crippen LogP contribution in [0.15, 0.2) is 0 Å². The van der Waals surface area contributed by atoms with Crippen LogP contribution in [0.4, 0.5) is 0 Å². The van der Waals surface area contributed by atoms with Gasteiger partial charge in [0.1, 0.15) is 0 Å². The normalized spacial score (nSPS) is 45.0. The molecule has 12 heavy (non-hydrogen) atoms. The largest absolute Gasteiger partial charge is 0.325 e. The van der Waals surface area contributed by atoms with E-state index >= 15 is 0 Å². The van der Waals surface area contributed by atoms with E-state index in [1.165, 1.54) is 32.1 Å². The third-order valence-electron chi connectivity index (χ3n) is 3.77. The highest BCUT2D eigenvalue weighted by Crippen LogP contribution is 2.32. The lowest BCUT2D eigenvalue weighted by Crippen LogP contribution is -2.46. The molecule has 1 aliphatic rings. The molecule has 72 valence electrons. The van der Waals surface area contributed by atoms with Gasteiger partial charge < -0.3 is 5.73 Å². The van der Waals surface area contributed by atoms with Crippen LogP contribution in [-0.4, -0.2) is 5.54 Å². The van der Waals surface area contributed by atoms with Crippen LogP contribution in [0.25, 0.3) is 0 Å². The quantitative estimate of drug-likeness (QED) is 0.593. The molecule has 0 heterocycles. The summed E-state index contributed by atoms with van der Waals surface area (Å²) in [6.07, 6.45) is 6.68. The molecule has 3 atom stereocenters. The highest BCUT2D eigenvalue weighted by molar-refractivity contribution is 4.88. The van der Waals surface area contributed by atoms with Crippen molar-refractivity contribution >= 4 is 0 Å². The van der Waals surface area contributed by atoms with Crippen LogP contribution in [-0.2, 0) is 0 Å². The van der Waals surface area contributed by atoms with E-state index in [1.54, 1.807) is 0 Å². The minimum atomic E-state index is 0.0832. The second-order valence-electron chi connectivity index (χ2n) is 4.87. The van der Waals surface area contributed by atoms with Crippen molar-refractivity contribution in [3.05, 3.63) is 0 Å². The van der Waals surface area contributed by atoms with E-state index in [0.717, 1.165) is 5.92 Å². The molecular weight excluding hydrogens is 146 g/mol. The molecule has 3 unspecified atom stereocenters. The summed E-state index contributed by atoms with van der Waals surface area (Å²) in [4.78, 5) is 0. The van der Waals surface area contributed by atoms with E-state index in [-0.39, 0.29) is 5.54 Å². The molecule has 0 aromatic carbocycles. The topological polar surface area (TPSA) is 26.0 Å². The maximum absolute atomic E-state index is 6.28. The predicted octanol–water partition coefficient (Wildman–Crippen LogP) is 2.94. The predicted molar refractivity (Wildman–Crippen MR) is 54.0 cm³/mol. The van der Waals surface area contributed by atoms with Gasteiger partial charge in [-0.05, 0) is 25.2 Å². The van der Waals surface area contributed by atoms with Crippen molar-refractivity contribution in [1.29, 1.82) is 0 Å². The van der Waals surface area contributed by atoms with Crippen molar-refractivity contribution in [2.45, 2.75) is 58.4 Å². The van der Waals surface area contributed by atoms with Crippen LogP contribution in [0.1, 0.15) is 52.9 Å². The molecule has 0 bridgehead atoms. The van der Waals surface area contributed by atoms with E-state index in [4.69, 9.17) is 5.73 Å². The Balaban J connectivity index is 2.60. The third-order valence-corrected chi connectivity index (χ3v) is 3.77. The Bertz CT molecular complexity index is 140. The van der Waals surface area contributed by atoms with Gasteiger partial charge in [0.15, 0.2) is 0 Å². The summed E-state index contributed by atoms with van der Waals surface area (Å²) in [7, 11) is 0. The molecule has 0 aliphatic heterocycles. The van der Waals surface area contributed by atoms with Gasteiger partial charge >= 0.3 is 0 Å². The van der Waals surface area contributed by atoms with Gasteiger partial charge in [-0.15, -0.1) is 0 Å². The second-order valence-corrected chi connectivity index (χ2v) is 4.87. The Labute approximate surface area is 76.7 Å². The van der Waals surface area contributed by atoms with Gasteiger partial charge in [-0.2, -0.15) is 0 Å². The van der Waals surface area contributed by atoms with E-state index < -0.39 is 0 Å². The van der Waals surface area contributed by atoms with Crippen LogP contribution < -0.4 is 5.73 Å². The fourth-order valence-electron chi connectivity index (χ4n) is 2.28. The van der Waals surface area contributed by atoms with E-state index in [1.807, 2.05) is 0 Å². The highest BCUT2D eigenvalue weighted by Gasteiger charge is 2.30. The van der Waals surface area contributed by atoms with Crippen molar-refractivity contribution in [3.8, 4) is 0 Å². The third kappa shape index (κ3) is 2.22. The molecule has 1 aliphatic carbocycles. The number of rotatable bonds is 0. The zero-order valence-corrected chi connectivity index (χ0v) is 8.77. The first-order valence-corrected chi connectivity index (χ1v) is 5.33. The molecule has 0 saturated heterocycles. The van der Waals surface area contributed by atoms with Crippen molar-refractivity contribution in [2.75, 3.05) is 0 Å². The second kappa shape index (κ2) is 3.78. The maximum Gasteiger partial charge on any atom is 0.0154 e. The average molecular weight is 169 g/mol. The van der Waals surface area contributed by atoms with Crippen LogP contribution in [0.2, 0.25) is 0 Å². The summed E-state index contributed by atoms with van der Waals surface area (Å²) in [5, 5.41) is 0. The minimum Gasteiger partial charge on any atom is -0.325 e. The number of hydrogen-bond donors (Lipinski definition) is 1. The van der Waals surface area contributed by atoms with Crippen LogP contribution in [0.3, 0.4) is 0 Å². The fraction of sp³-hybridized carbons (Fsp3) is 1.00. The Kier molecular flexibility index (Phi) is 3.16. The highest BCUT2D eigenvalue weighted by atomic mass is 14.7. The lowest BCUT2D eigenvalue weighted by atomic mass is 9.73. The lowest BCUT2D eigenvalue weighted by molar-refractivity contribution is 0.188. The molecule has 2 N–H and O–H groups in total. The fourth-order valence-corrected chi connectivity index (χ4v) is 2.28. The van der Waals surface area contributed by atoms with E-state index in [2.05, 4.69) is 20.8 Å². The zero-order chi connectivity index (χ0) is 9.19. The molecule has 1 heteroatoms. The lowest BCUT2D eigenvalue weighted by Gasteiger charge is -2.37.